The Bertz CT molecular complexity index is 419. The summed E-state index contributed by atoms with van der Waals surface area (Å²) in [5.41, 5.74) is 1.85. The van der Waals surface area contributed by atoms with Gasteiger partial charge in [-0.15, -0.1) is 0 Å². The zero-order chi connectivity index (χ0) is 11.7. The molecule has 0 aliphatic carbocycles. The number of benzene rings is 1. The number of fused-ring (bicyclic) bond motifs is 1. The highest BCUT2D eigenvalue weighted by molar-refractivity contribution is 6.34. The number of carbonyl (C=O) groups is 1. The molecule has 0 spiro atoms. The van der Waals surface area contributed by atoms with Crippen LogP contribution in [0.25, 0.3) is 0 Å². The molecule has 0 saturated heterocycles. The Morgan fingerprint density at radius 2 is 2.25 bits per heavy atom. The fourth-order valence-electron chi connectivity index (χ4n) is 2.17. The normalized spacial score (nSPS) is 19.1. The molecule has 0 saturated carbocycles. The third kappa shape index (κ3) is 1.60. The van der Waals surface area contributed by atoms with Crippen LogP contribution in [0.5, 0.6) is 0 Å². The summed E-state index contributed by atoms with van der Waals surface area (Å²) in [4.78, 5) is 13.9. The highest BCUT2D eigenvalue weighted by Crippen LogP contribution is 2.40. The van der Waals surface area contributed by atoms with Crippen LogP contribution in [0.3, 0.4) is 0 Å². The Hall–Kier alpha value is -1.06. The van der Waals surface area contributed by atoms with E-state index in [1.807, 2.05) is 18.2 Å². The van der Waals surface area contributed by atoms with Crippen molar-refractivity contribution in [2.24, 2.45) is 0 Å². The van der Waals surface area contributed by atoms with Crippen LogP contribution >= 0.6 is 11.6 Å². The van der Waals surface area contributed by atoms with Crippen molar-refractivity contribution in [1.82, 2.24) is 5.32 Å². The average molecular weight is 239 g/mol. The van der Waals surface area contributed by atoms with Gasteiger partial charge in [-0.25, -0.2) is 0 Å². The molecule has 86 valence electrons. The molecule has 0 fully saturated rings. The molecule has 3 nitrogen and oxygen atoms in total. The smallest absolute Gasteiger partial charge is 0.248 e. The van der Waals surface area contributed by atoms with E-state index in [0.29, 0.717) is 11.6 Å². The molecular weight excluding hydrogens is 224 g/mol. The predicted molar refractivity (Wildman–Crippen MR) is 65.9 cm³/mol. The van der Waals surface area contributed by atoms with Crippen molar-refractivity contribution in [3.8, 4) is 0 Å². The number of nitrogens with one attached hydrogen (secondary N) is 1. The van der Waals surface area contributed by atoms with E-state index in [0.717, 1.165) is 17.7 Å². The largest absolute Gasteiger partial charge is 0.309 e. The van der Waals surface area contributed by atoms with Gasteiger partial charge in [0.1, 0.15) is 6.04 Å². The van der Waals surface area contributed by atoms with Gasteiger partial charge >= 0.3 is 0 Å². The highest BCUT2D eigenvalue weighted by Gasteiger charge is 2.36. The lowest BCUT2D eigenvalue weighted by molar-refractivity contribution is -0.119. The first-order valence-electron chi connectivity index (χ1n) is 5.47. The Labute approximate surface area is 100 Å². The minimum Gasteiger partial charge on any atom is -0.309 e. The Morgan fingerprint density at radius 3 is 2.88 bits per heavy atom. The molecule has 1 aromatic carbocycles. The predicted octanol–water partition coefficient (Wildman–Crippen LogP) is 2.36. The van der Waals surface area contributed by atoms with Crippen molar-refractivity contribution in [1.29, 1.82) is 0 Å². The molecule has 2 rings (SSSR count). The summed E-state index contributed by atoms with van der Waals surface area (Å²) in [6, 6.07) is 5.42. The van der Waals surface area contributed by atoms with E-state index < -0.39 is 0 Å². The van der Waals surface area contributed by atoms with E-state index in [1.165, 1.54) is 0 Å². The fraction of sp³-hybridized carbons (Fsp3) is 0.417. The van der Waals surface area contributed by atoms with Gasteiger partial charge in [-0.1, -0.05) is 30.7 Å². The summed E-state index contributed by atoms with van der Waals surface area (Å²) in [5.74, 6) is 0.0902. The molecule has 1 aliphatic rings. The lowest BCUT2D eigenvalue weighted by Gasteiger charge is -2.17. The average Bonchev–Trinajstić information content (AvgIpc) is 2.54. The number of para-hydroxylation sites is 1. The van der Waals surface area contributed by atoms with Crippen LogP contribution in [0.4, 0.5) is 5.69 Å². The molecule has 1 unspecified atom stereocenters. The number of carbonyl (C=O) groups excluding carboxylic acids is 1. The maximum atomic E-state index is 12.1. The molecule has 4 heteroatoms. The van der Waals surface area contributed by atoms with Crippen molar-refractivity contribution in [2.75, 3.05) is 18.5 Å². The first-order valence-corrected chi connectivity index (χ1v) is 5.85. The van der Waals surface area contributed by atoms with Crippen LogP contribution in [0.1, 0.15) is 24.9 Å². The molecule has 1 atom stereocenters. The first kappa shape index (κ1) is 11.4. The molecule has 1 aromatic rings. The van der Waals surface area contributed by atoms with E-state index in [9.17, 15) is 4.79 Å². The molecule has 16 heavy (non-hydrogen) atoms. The number of nitrogens with zero attached hydrogens (tertiary/aromatic N) is 1. The summed E-state index contributed by atoms with van der Waals surface area (Å²) in [6.07, 6.45) is 0.923. The van der Waals surface area contributed by atoms with Gasteiger partial charge in [-0.3, -0.25) is 4.79 Å². The molecule has 0 radical (unpaired) electrons. The van der Waals surface area contributed by atoms with Gasteiger partial charge in [-0.05, 0) is 19.5 Å². The van der Waals surface area contributed by atoms with Gasteiger partial charge in [0.2, 0.25) is 5.91 Å². The molecule has 0 aromatic heterocycles. The van der Waals surface area contributed by atoms with Gasteiger partial charge in [0.15, 0.2) is 0 Å². The van der Waals surface area contributed by atoms with Gasteiger partial charge in [0.05, 0.1) is 10.7 Å². The molecular formula is C12H15ClN2O. The monoisotopic (exact) mass is 238 g/mol. The van der Waals surface area contributed by atoms with Crippen LogP contribution in [0.2, 0.25) is 5.02 Å². The summed E-state index contributed by atoms with van der Waals surface area (Å²) in [5, 5.41) is 3.69. The number of likely N-dealkylation sites (N-methyl/N-ethyl adjacent to an activating group) is 1. The lowest BCUT2D eigenvalue weighted by Crippen LogP contribution is -2.33. The topological polar surface area (TPSA) is 32.3 Å². The maximum absolute atomic E-state index is 12.1. The molecule has 1 heterocycles. The quantitative estimate of drug-likeness (QED) is 0.877. The first-order chi connectivity index (χ1) is 7.70. The minimum absolute atomic E-state index is 0.0902. The summed E-state index contributed by atoms with van der Waals surface area (Å²) in [7, 11) is 1.79. The molecule has 1 amide bonds. The van der Waals surface area contributed by atoms with Gasteiger partial charge < -0.3 is 10.2 Å². The second kappa shape index (κ2) is 4.44. The Kier molecular flexibility index (Phi) is 3.17. The highest BCUT2D eigenvalue weighted by atomic mass is 35.5. The van der Waals surface area contributed by atoms with Crippen LogP contribution in [-0.2, 0) is 4.79 Å². The minimum atomic E-state index is -0.250. The summed E-state index contributed by atoms with van der Waals surface area (Å²) >= 11 is 6.17. The lowest BCUT2D eigenvalue weighted by atomic mass is 10.1. The van der Waals surface area contributed by atoms with Gasteiger partial charge in [-0.2, -0.15) is 0 Å². The number of rotatable bonds is 3. The van der Waals surface area contributed by atoms with Crippen LogP contribution < -0.4 is 10.2 Å². The number of hydrogen-bond donors (Lipinski definition) is 1. The summed E-state index contributed by atoms with van der Waals surface area (Å²) in [6.45, 7) is 2.77. The maximum Gasteiger partial charge on any atom is 0.248 e. The molecule has 1 aliphatic heterocycles. The van der Waals surface area contributed by atoms with Crippen LogP contribution in [0, 0.1) is 0 Å². The van der Waals surface area contributed by atoms with Crippen molar-refractivity contribution in [2.45, 2.75) is 19.4 Å². The van der Waals surface area contributed by atoms with E-state index in [1.54, 1.807) is 11.9 Å². The van der Waals surface area contributed by atoms with E-state index in [4.69, 9.17) is 11.6 Å². The number of anilines is 1. The number of hydrogen-bond acceptors (Lipinski definition) is 2. The van der Waals surface area contributed by atoms with E-state index in [-0.39, 0.29) is 11.9 Å². The Morgan fingerprint density at radius 1 is 1.50 bits per heavy atom. The fourth-order valence-corrected chi connectivity index (χ4v) is 2.46. The van der Waals surface area contributed by atoms with Crippen molar-refractivity contribution < 1.29 is 4.79 Å². The number of halogens is 1. The zero-order valence-electron chi connectivity index (χ0n) is 9.46. The zero-order valence-corrected chi connectivity index (χ0v) is 10.2. The van der Waals surface area contributed by atoms with Crippen molar-refractivity contribution in [3.63, 3.8) is 0 Å². The second-order valence-corrected chi connectivity index (χ2v) is 4.30. The third-order valence-electron chi connectivity index (χ3n) is 2.85. The van der Waals surface area contributed by atoms with Crippen LogP contribution in [0.15, 0.2) is 18.2 Å². The second-order valence-electron chi connectivity index (χ2n) is 3.89. The van der Waals surface area contributed by atoms with Crippen molar-refractivity contribution >= 4 is 23.2 Å². The standard InChI is InChI=1S/C12H15ClN2O/c1-3-7-15-11-8(5-4-6-9(11)13)10(14-2)12(15)16/h4-6,10,14H,3,7H2,1-2H3. The van der Waals surface area contributed by atoms with Gasteiger partial charge in [0.25, 0.3) is 0 Å². The Balaban J connectivity index is 2.51. The number of amides is 1. The van der Waals surface area contributed by atoms with Crippen molar-refractivity contribution in [3.05, 3.63) is 28.8 Å². The van der Waals surface area contributed by atoms with Gasteiger partial charge in [0, 0.05) is 12.1 Å². The molecule has 1 N–H and O–H groups in total. The van der Waals surface area contributed by atoms with E-state index in [2.05, 4.69) is 12.2 Å². The summed E-state index contributed by atoms with van der Waals surface area (Å²) < 4.78 is 0. The molecule has 0 bridgehead atoms. The third-order valence-corrected chi connectivity index (χ3v) is 3.15. The SMILES string of the molecule is CCCN1C(=O)C(NC)c2cccc(Cl)c21. The van der Waals surface area contributed by atoms with Crippen LogP contribution in [-0.4, -0.2) is 19.5 Å². The van der Waals surface area contributed by atoms with E-state index >= 15 is 0 Å².